The van der Waals surface area contributed by atoms with E-state index in [-0.39, 0.29) is 5.97 Å². The van der Waals surface area contributed by atoms with E-state index in [0.717, 1.165) is 28.2 Å². The highest BCUT2D eigenvalue weighted by molar-refractivity contribution is 5.91. The van der Waals surface area contributed by atoms with Crippen LogP contribution in [0.15, 0.2) is 36.4 Å². The maximum absolute atomic E-state index is 11.9. The van der Waals surface area contributed by atoms with Gasteiger partial charge in [0.05, 0.1) is 18.0 Å². The van der Waals surface area contributed by atoms with Crippen LogP contribution < -0.4 is 0 Å². The lowest BCUT2D eigenvalue weighted by Crippen LogP contribution is -2.08. The van der Waals surface area contributed by atoms with Crippen LogP contribution in [0.5, 0.6) is 0 Å². The topological polar surface area (TPSA) is 44.1 Å². The number of carbonyl (C=O) groups is 1. The largest absolute Gasteiger partial charge is 0.463 e. The number of esters is 1. The molecule has 0 atom stereocenters. The van der Waals surface area contributed by atoms with Crippen molar-refractivity contribution < 1.29 is 9.53 Å². The highest BCUT2D eigenvalue weighted by Gasteiger charge is 2.14. The van der Waals surface area contributed by atoms with Crippen LogP contribution in [0, 0.1) is 20.8 Å². The van der Waals surface area contributed by atoms with Crippen molar-refractivity contribution in [3.63, 3.8) is 0 Å². The van der Waals surface area contributed by atoms with Gasteiger partial charge in [-0.2, -0.15) is 5.10 Å². The fourth-order valence-corrected chi connectivity index (χ4v) is 2.13. The lowest BCUT2D eigenvalue weighted by Gasteiger charge is -2.10. The van der Waals surface area contributed by atoms with Crippen LogP contribution in [0.2, 0.25) is 0 Å². The molecule has 4 heteroatoms. The van der Waals surface area contributed by atoms with Gasteiger partial charge in [0.15, 0.2) is 0 Å². The van der Waals surface area contributed by atoms with Gasteiger partial charge in [-0.05, 0) is 33.3 Å². The lowest BCUT2D eigenvalue weighted by atomic mass is 10.1. The number of aryl methyl sites for hydroxylation is 1. The van der Waals surface area contributed by atoms with E-state index in [4.69, 9.17) is 4.74 Å². The van der Waals surface area contributed by atoms with Crippen LogP contribution >= 0.6 is 0 Å². The van der Waals surface area contributed by atoms with E-state index in [1.54, 1.807) is 11.6 Å². The first-order valence-corrected chi connectivity index (χ1v) is 7.01. The molecule has 0 bridgehead atoms. The van der Waals surface area contributed by atoms with Crippen molar-refractivity contribution in [2.45, 2.75) is 27.7 Å². The highest BCUT2D eigenvalue weighted by atomic mass is 16.5. The van der Waals surface area contributed by atoms with Crippen molar-refractivity contribution in [3.8, 4) is 0 Å². The van der Waals surface area contributed by atoms with E-state index in [1.807, 2.05) is 51.1 Å². The predicted octanol–water partition coefficient (Wildman–Crippen LogP) is 3.26. The molecule has 0 radical (unpaired) electrons. The number of hydrogen-bond acceptors (Lipinski definition) is 3. The third-order valence-electron chi connectivity index (χ3n) is 3.49. The molecule has 0 spiro atoms. The molecule has 0 amide bonds. The first-order valence-electron chi connectivity index (χ1n) is 7.01. The van der Waals surface area contributed by atoms with Crippen LogP contribution in [0.1, 0.15) is 29.4 Å². The van der Waals surface area contributed by atoms with Gasteiger partial charge in [0, 0.05) is 17.3 Å². The molecule has 1 aromatic heterocycles. The number of benzene rings is 1. The van der Waals surface area contributed by atoms with Gasteiger partial charge in [0.2, 0.25) is 0 Å². The standard InChI is InChI=1S/C17H20N2O2/c1-5-21-17(20)11-16(15-9-7-6-8-10-15)19-14(4)12(2)13(3)18-19/h6-11H,5H2,1-4H3/b16-11+. The van der Waals surface area contributed by atoms with Crippen LogP contribution in [0.25, 0.3) is 5.70 Å². The summed E-state index contributed by atoms with van der Waals surface area (Å²) in [6.45, 7) is 8.14. The van der Waals surface area contributed by atoms with Gasteiger partial charge < -0.3 is 4.74 Å². The summed E-state index contributed by atoms with van der Waals surface area (Å²) in [6.07, 6.45) is 1.50. The first kappa shape index (κ1) is 15.0. The molecule has 2 rings (SSSR count). The zero-order valence-electron chi connectivity index (χ0n) is 12.9. The van der Waals surface area contributed by atoms with E-state index in [0.29, 0.717) is 6.61 Å². The summed E-state index contributed by atoms with van der Waals surface area (Å²) in [7, 11) is 0. The Kier molecular flexibility index (Phi) is 4.58. The van der Waals surface area contributed by atoms with Crippen molar-refractivity contribution in [1.29, 1.82) is 0 Å². The van der Waals surface area contributed by atoms with Crippen molar-refractivity contribution >= 4 is 11.7 Å². The van der Waals surface area contributed by atoms with Crippen molar-refractivity contribution in [3.05, 3.63) is 58.9 Å². The average Bonchev–Trinajstić information content (AvgIpc) is 2.73. The second-order valence-corrected chi connectivity index (χ2v) is 4.86. The second kappa shape index (κ2) is 6.39. The third kappa shape index (κ3) is 3.21. The Morgan fingerprint density at radius 1 is 1.24 bits per heavy atom. The van der Waals surface area contributed by atoms with Crippen molar-refractivity contribution in [2.24, 2.45) is 0 Å². The summed E-state index contributed by atoms with van der Waals surface area (Å²) in [5, 5.41) is 4.54. The number of aromatic nitrogens is 2. The zero-order chi connectivity index (χ0) is 15.4. The minimum atomic E-state index is -0.360. The van der Waals surface area contributed by atoms with Gasteiger partial charge in [0.25, 0.3) is 0 Å². The summed E-state index contributed by atoms with van der Waals surface area (Å²) in [4.78, 5) is 11.9. The maximum atomic E-state index is 11.9. The first-order chi connectivity index (χ1) is 10.0. The minimum absolute atomic E-state index is 0.355. The number of carbonyl (C=O) groups excluding carboxylic acids is 1. The Labute approximate surface area is 125 Å². The Balaban J connectivity index is 2.56. The molecule has 110 valence electrons. The highest BCUT2D eigenvalue weighted by Crippen LogP contribution is 2.21. The monoisotopic (exact) mass is 284 g/mol. The summed E-state index contributed by atoms with van der Waals surface area (Å²) < 4.78 is 6.84. The Hall–Kier alpha value is -2.36. The van der Waals surface area contributed by atoms with Gasteiger partial charge in [-0.1, -0.05) is 30.3 Å². The van der Waals surface area contributed by atoms with Gasteiger partial charge in [-0.25, -0.2) is 9.48 Å². The normalized spacial score (nSPS) is 11.5. The van der Waals surface area contributed by atoms with Gasteiger partial charge in [-0.15, -0.1) is 0 Å². The predicted molar refractivity (Wildman–Crippen MR) is 82.9 cm³/mol. The molecule has 0 saturated heterocycles. The molecule has 0 aliphatic heterocycles. The second-order valence-electron chi connectivity index (χ2n) is 4.86. The number of hydrogen-bond donors (Lipinski definition) is 0. The Morgan fingerprint density at radius 2 is 1.90 bits per heavy atom. The third-order valence-corrected chi connectivity index (χ3v) is 3.49. The van der Waals surface area contributed by atoms with Gasteiger partial charge in [0.1, 0.15) is 0 Å². The zero-order valence-corrected chi connectivity index (χ0v) is 12.9. The van der Waals surface area contributed by atoms with E-state index in [2.05, 4.69) is 5.10 Å². The van der Waals surface area contributed by atoms with Gasteiger partial charge >= 0.3 is 5.97 Å². The minimum Gasteiger partial charge on any atom is -0.463 e. The molecule has 21 heavy (non-hydrogen) atoms. The summed E-state index contributed by atoms with van der Waals surface area (Å²) in [6, 6.07) is 9.73. The van der Waals surface area contributed by atoms with E-state index in [1.165, 1.54) is 6.08 Å². The van der Waals surface area contributed by atoms with Crippen LogP contribution in [0.4, 0.5) is 0 Å². The summed E-state index contributed by atoms with van der Waals surface area (Å²) >= 11 is 0. The smallest absolute Gasteiger partial charge is 0.332 e. The lowest BCUT2D eigenvalue weighted by molar-refractivity contribution is -0.137. The van der Waals surface area contributed by atoms with E-state index in [9.17, 15) is 4.79 Å². The number of rotatable bonds is 4. The Morgan fingerprint density at radius 3 is 2.43 bits per heavy atom. The molecule has 1 aromatic carbocycles. The van der Waals surface area contributed by atoms with Crippen molar-refractivity contribution in [2.75, 3.05) is 6.61 Å². The van der Waals surface area contributed by atoms with E-state index >= 15 is 0 Å². The van der Waals surface area contributed by atoms with Crippen LogP contribution in [-0.4, -0.2) is 22.4 Å². The molecule has 0 saturated carbocycles. The maximum Gasteiger partial charge on any atom is 0.332 e. The SMILES string of the molecule is CCOC(=O)/C=C(\c1ccccc1)n1nc(C)c(C)c1C. The fourth-order valence-electron chi connectivity index (χ4n) is 2.13. The average molecular weight is 284 g/mol. The molecule has 0 fully saturated rings. The molecule has 0 aliphatic rings. The molecule has 2 aromatic rings. The summed E-state index contributed by atoms with van der Waals surface area (Å²) in [5.41, 5.74) is 4.75. The van der Waals surface area contributed by atoms with Gasteiger partial charge in [-0.3, -0.25) is 0 Å². The quantitative estimate of drug-likeness (QED) is 0.639. The van der Waals surface area contributed by atoms with Crippen LogP contribution in [-0.2, 0) is 9.53 Å². The number of ether oxygens (including phenoxy) is 1. The molecule has 1 heterocycles. The molecular weight excluding hydrogens is 264 g/mol. The molecule has 0 aliphatic carbocycles. The van der Waals surface area contributed by atoms with E-state index < -0.39 is 0 Å². The Bertz CT molecular complexity index is 670. The molecule has 0 unspecified atom stereocenters. The molecule has 4 nitrogen and oxygen atoms in total. The summed E-state index contributed by atoms with van der Waals surface area (Å²) in [5.74, 6) is -0.360. The fraction of sp³-hybridized carbons (Fsp3) is 0.294. The molecule has 0 N–H and O–H groups in total. The number of nitrogens with zero attached hydrogens (tertiary/aromatic N) is 2. The van der Waals surface area contributed by atoms with Crippen LogP contribution in [0.3, 0.4) is 0 Å². The van der Waals surface area contributed by atoms with Crippen molar-refractivity contribution in [1.82, 2.24) is 9.78 Å². The molecular formula is C17H20N2O2.